The third-order valence-corrected chi connectivity index (χ3v) is 3.40. The molecule has 6 nitrogen and oxygen atoms in total. The van der Waals surface area contributed by atoms with E-state index >= 15 is 0 Å². The second-order valence-electron chi connectivity index (χ2n) is 3.30. The van der Waals surface area contributed by atoms with Gasteiger partial charge in [-0.05, 0) is 18.2 Å². The van der Waals surface area contributed by atoms with Crippen molar-refractivity contribution in [2.45, 2.75) is 11.3 Å². The Hall–Kier alpha value is -1.67. The van der Waals surface area contributed by atoms with Crippen molar-refractivity contribution in [1.29, 1.82) is 0 Å². The fraction of sp³-hybridized carbons (Fsp3) is 0.222. The lowest BCUT2D eigenvalue weighted by molar-refractivity contribution is -0.117. The zero-order valence-corrected chi connectivity index (χ0v) is 9.63. The van der Waals surface area contributed by atoms with Gasteiger partial charge in [-0.1, -0.05) is 0 Å². The summed E-state index contributed by atoms with van der Waals surface area (Å²) in [6.45, 7) is -0.179. The molecule has 1 aromatic carbocycles. The topological polar surface area (TPSA) is 115 Å². The minimum Gasteiger partial charge on any atom is -0.399 e. The molecular formula is C9H12FN3O3S. The van der Waals surface area contributed by atoms with Crippen molar-refractivity contribution >= 4 is 21.6 Å². The molecule has 94 valence electrons. The number of primary amides is 1. The van der Waals surface area contributed by atoms with E-state index in [2.05, 4.69) is 4.72 Å². The maximum absolute atomic E-state index is 13.3. The average Bonchev–Trinajstić information content (AvgIpc) is 2.15. The van der Waals surface area contributed by atoms with Crippen LogP contribution in [0.25, 0.3) is 0 Å². The lowest BCUT2D eigenvalue weighted by atomic mass is 10.3. The fourth-order valence-electron chi connectivity index (χ4n) is 1.12. The molecule has 0 radical (unpaired) electrons. The van der Waals surface area contributed by atoms with Crippen LogP contribution < -0.4 is 16.2 Å². The molecule has 0 aliphatic rings. The standard InChI is InChI=1S/C9H12FN3O3S/c10-7-5-6(11)1-2-8(7)17(15,16)13-4-3-9(12)14/h1-2,5,13H,3-4,11H2,(H2,12,14). The summed E-state index contributed by atoms with van der Waals surface area (Å²) < 4.78 is 38.6. The Balaban J connectivity index is 2.86. The fourth-order valence-corrected chi connectivity index (χ4v) is 2.21. The molecular weight excluding hydrogens is 249 g/mol. The van der Waals surface area contributed by atoms with Crippen LogP contribution in [0.5, 0.6) is 0 Å². The van der Waals surface area contributed by atoms with E-state index in [-0.39, 0.29) is 18.7 Å². The van der Waals surface area contributed by atoms with E-state index in [4.69, 9.17) is 11.5 Å². The van der Waals surface area contributed by atoms with Gasteiger partial charge in [0.1, 0.15) is 10.7 Å². The third-order valence-electron chi connectivity index (χ3n) is 1.91. The second-order valence-corrected chi connectivity index (χ2v) is 5.04. The first-order valence-electron chi connectivity index (χ1n) is 4.66. The highest BCUT2D eigenvalue weighted by molar-refractivity contribution is 7.89. The lowest BCUT2D eigenvalue weighted by Crippen LogP contribution is -2.28. The van der Waals surface area contributed by atoms with E-state index in [1.807, 2.05) is 0 Å². The number of carbonyl (C=O) groups is 1. The largest absolute Gasteiger partial charge is 0.399 e. The molecule has 17 heavy (non-hydrogen) atoms. The number of hydrogen-bond donors (Lipinski definition) is 3. The van der Waals surface area contributed by atoms with Gasteiger partial charge in [0.15, 0.2) is 0 Å². The summed E-state index contributed by atoms with van der Waals surface area (Å²) in [5.41, 5.74) is 10.3. The van der Waals surface area contributed by atoms with Crippen LogP contribution >= 0.6 is 0 Å². The number of sulfonamides is 1. The number of carbonyl (C=O) groups excluding carboxylic acids is 1. The monoisotopic (exact) mass is 261 g/mol. The molecule has 0 unspecified atom stereocenters. The molecule has 1 rings (SSSR count). The van der Waals surface area contributed by atoms with Gasteiger partial charge >= 0.3 is 0 Å². The van der Waals surface area contributed by atoms with Gasteiger partial charge in [0.25, 0.3) is 0 Å². The molecule has 0 aliphatic heterocycles. The van der Waals surface area contributed by atoms with Gasteiger partial charge in [0.2, 0.25) is 15.9 Å². The molecule has 0 saturated carbocycles. The summed E-state index contributed by atoms with van der Waals surface area (Å²) >= 11 is 0. The number of nitrogen functional groups attached to an aromatic ring is 1. The van der Waals surface area contributed by atoms with Crippen LogP contribution in [0.15, 0.2) is 23.1 Å². The highest BCUT2D eigenvalue weighted by Gasteiger charge is 2.18. The summed E-state index contributed by atoms with van der Waals surface area (Å²) in [5, 5.41) is 0. The van der Waals surface area contributed by atoms with E-state index in [9.17, 15) is 17.6 Å². The van der Waals surface area contributed by atoms with Crippen LogP contribution in [0.3, 0.4) is 0 Å². The molecule has 0 atom stereocenters. The average molecular weight is 261 g/mol. The lowest BCUT2D eigenvalue weighted by Gasteiger charge is -2.07. The van der Waals surface area contributed by atoms with Crippen molar-refractivity contribution in [1.82, 2.24) is 4.72 Å². The maximum atomic E-state index is 13.3. The first kappa shape index (κ1) is 13.4. The number of halogens is 1. The molecule has 0 heterocycles. The van der Waals surface area contributed by atoms with Gasteiger partial charge < -0.3 is 11.5 Å². The molecule has 0 spiro atoms. The van der Waals surface area contributed by atoms with Crippen molar-refractivity contribution in [2.24, 2.45) is 5.73 Å². The minimum absolute atomic E-state index is 0.124. The molecule has 5 N–H and O–H groups in total. The van der Waals surface area contributed by atoms with E-state index in [0.717, 1.165) is 12.1 Å². The van der Waals surface area contributed by atoms with Crippen LogP contribution in [0.1, 0.15) is 6.42 Å². The quantitative estimate of drug-likeness (QED) is 0.623. The van der Waals surface area contributed by atoms with Crippen molar-refractivity contribution in [3.05, 3.63) is 24.0 Å². The van der Waals surface area contributed by atoms with Gasteiger partial charge in [0.05, 0.1) is 0 Å². The highest BCUT2D eigenvalue weighted by atomic mass is 32.2. The van der Waals surface area contributed by atoms with E-state index in [1.165, 1.54) is 6.07 Å². The molecule has 1 amide bonds. The first-order valence-corrected chi connectivity index (χ1v) is 6.14. The van der Waals surface area contributed by atoms with Gasteiger partial charge in [0, 0.05) is 18.7 Å². The molecule has 0 fully saturated rings. The minimum atomic E-state index is -3.99. The maximum Gasteiger partial charge on any atom is 0.243 e. The zero-order valence-electron chi connectivity index (χ0n) is 8.81. The number of hydrogen-bond acceptors (Lipinski definition) is 4. The van der Waals surface area contributed by atoms with E-state index < -0.39 is 26.6 Å². The molecule has 8 heteroatoms. The predicted molar refractivity (Wildman–Crippen MR) is 59.8 cm³/mol. The van der Waals surface area contributed by atoms with Crippen molar-refractivity contribution in [2.75, 3.05) is 12.3 Å². The molecule has 0 saturated heterocycles. The third kappa shape index (κ3) is 3.68. The highest BCUT2D eigenvalue weighted by Crippen LogP contribution is 2.16. The van der Waals surface area contributed by atoms with Crippen molar-refractivity contribution in [3.63, 3.8) is 0 Å². The smallest absolute Gasteiger partial charge is 0.243 e. The Morgan fingerprint density at radius 2 is 2.06 bits per heavy atom. The molecule has 1 aromatic rings. The van der Waals surface area contributed by atoms with E-state index in [1.54, 1.807) is 0 Å². The summed E-state index contributed by atoms with van der Waals surface area (Å²) in [6, 6.07) is 3.23. The van der Waals surface area contributed by atoms with Crippen molar-refractivity contribution in [3.8, 4) is 0 Å². The van der Waals surface area contributed by atoms with Crippen LogP contribution in [0.4, 0.5) is 10.1 Å². The Morgan fingerprint density at radius 3 is 2.59 bits per heavy atom. The Labute approximate surface area is 97.8 Å². The van der Waals surface area contributed by atoms with Crippen LogP contribution in [0, 0.1) is 5.82 Å². The number of nitrogens with two attached hydrogens (primary N) is 2. The number of anilines is 1. The van der Waals surface area contributed by atoms with Crippen molar-refractivity contribution < 1.29 is 17.6 Å². The first-order chi connectivity index (χ1) is 7.83. The number of amides is 1. The molecule has 0 aliphatic carbocycles. The summed E-state index contributed by atoms with van der Waals surface area (Å²) in [4.78, 5) is 9.91. The summed E-state index contributed by atoms with van der Waals surface area (Å²) in [7, 11) is -3.99. The normalized spacial score (nSPS) is 11.4. The van der Waals surface area contributed by atoms with Gasteiger partial charge in [-0.3, -0.25) is 4.79 Å². The van der Waals surface area contributed by atoms with Gasteiger partial charge in [-0.25, -0.2) is 17.5 Å². The summed E-state index contributed by atoms with van der Waals surface area (Å²) in [5.74, 6) is -1.60. The molecule has 0 bridgehead atoms. The van der Waals surface area contributed by atoms with Crippen LogP contribution in [0.2, 0.25) is 0 Å². The van der Waals surface area contributed by atoms with Crippen LogP contribution in [-0.4, -0.2) is 20.9 Å². The molecule has 0 aromatic heterocycles. The van der Waals surface area contributed by atoms with Crippen LogP contribution in [-0.2, 0) is 14.8 Å². The van der Waals surface area contributed by atoms with Gasteiger partial charge in [-0.2, -0.15) is 0 Å². The number of benzene rings is 1. The Kier molecular flexibility index (Phi) is 4.02. The SMILES string of the molecule is NC(=O)CCNS(=O)(=O)c1ccc(N)cc1F. The number of nitrogens with one attached hydrogen (secondary N) is 1. The summed E-state index contributed by atoms with van der Waals surface area (Å²) in [6.07, 6.45) is -0.157. The number of rotatable bonds is 5. The Morgan fingerprint density at radius 1 is 1.41 bits per heavy atom. The van der Waals surface area contributed by atoms with E-state index in [0.29, 0.717) is 0 Å². The predicted octanol–water partition coefficient (Wildman–Crippen LogP) is -0.438. The second kappa shape index (κ2) is 5.11. The zero-order chi connectivity index (χ0) is 13.1. The van der Waals surface area contributed by atoms with Gasteiger partial charge in [-0.15, -0.1) is 0 Å². The Bertz CT molecular complexity index is 530.